The van der Waals surface area contributed by atoms with Gasteiger partial charge in [-0.25, -0.2) is 4.98 Å². The van der Waals surface area contributed by atoms with Gasteiger partial charge in [0.05, 0.1) is 6.54 Å². The summed E-state index contributed by atoms with van der Waals surface area (Å²) in [5.74, 6) is 7.56. The average Bonchev–Trinajstić information content (AvgIpc) is 2.62. The first-order valence-electron chi connectivity index (χ1n) is 7.37. The van der Waals surface area contributed by atoms with Crippen LogP contribution in [0.2, 0.25) is 0 Å². The number of nitrogens with one attached hydrogen (secondary N) is 1. The molecule has 1 N–H and O–H groups in total. The van der Waals surface area contributed by atoms with Crippen LogP contribution in [0, 0.1) is 11.8 Å². The van der Waals surface area contributed by atoms with Crippen molar-refractivity contribution in [1.82, 2.24) is 4.98 Å². The van der Waals surface area contributed by atoms with Gasteiger partial charge in [-0.3, -0.25) is 0 Å². The maximum absolute atomic E-state index is 5.65. The second-order valence-electron chi connectivity index (χ2n) is 4.82. The molecule has 0 fully saturated rings. The minimum atomic E-state index is 0.585. The van der Waals surface area contributed by atoms with Gasteiger partial charge < -0.3 is 10.1 Å². The number of pyridine rings is 1. The molecule has 23 heavy (non-hydrogen) atoms. The van der Waals surface area contributed by atoms with Crippen molar-refractivity contribution in [2.75, 3.05) is 11.9 Å². The highest BCUT2D eigenvalue weighted by atomic mass is 16.5. The summed E-state index contributed by atoms with van der Waals surface area (Å²) in [6, 6.07) is 23.3. The molecular weight excluding hydrogens is 284 g/mol. The highest BCUT2D eigenvalue weighted by molar-refractivity contribution is 5.48. The molecule has 0 radical (unpaired) electrons. The van der Waals surface area contributed by atoms with Gasteiger partial charge in [-0.05, 0) is 42.5 Å². The Balaban J connectivity index is 1.53. The highest BCUT2D eigenvalue weighted by Gasteiger charge is 1.97. The van der Waals surface area contributed by atoms with E-state index in [0.717, 1.165) is 17.0 Å². The van der Waals surface area contributed by atoms with Gasteiger partial charge in [-0.2, -0.15) is 0 Å². The zero-order valence-electron chi connectivity index (χ0n) is 12.6. The number of anilines is 1. The van der Waals surface area contributed by atoms with Gasteiger partial charge in [-0.15, -0.1) is 0 Å². The number of benzene rings is 2. The van der Waals surface area contributed by atoms with E-state index in [2.05, 4.69) is 22.1 Å². The van der Waals surface area contributed by atoms with Crippen molar-refractivity contribution in [3.63, 3.8) is 0 Å². The summed E-state index contributed by atoms with van der Waals surface area (Å²) in [7, 11) is 0. The van der Waals surface area contributed by atoms with E-state index in [1.165, 1.54) is 0 Å². The molecular formula is C20H16N2O. The third-order valence-corrected chi connectivity index (χ3v) is 3.10. The smallest absolute Gasteiger partial charge is 0.219 e. The molecule has 0 spiro atoms. The molecule has 3 aromatic rings. The Morgan fingerprint density at radius 3 is 2.39 bits per heavy atom. The molecule has 0 amide bonds. The summed E-state index contributed by atoms with van der Waals surface area (Å²) < 4.78 is 5.65. The summed E-state index contributed by atoms with van der Waals surface area (Å²) >= 11 is 0. The number of hydrogen-bond acceptors (Lipinski definition) is 3. The van der Waals surface area contributed by atoms with E-state index < -0.39 is 0 Å². The van der Waals surface area contributed by atoms with Crippen LogP contribution >= 0.6 is 0 Å². The largest absolute Gasteiger partial charge is 0.439 e. The predicted octanol–water partition coefficient (Wildman–Crippen LogP) is 4.34. The fourth-order valence-electron chi connectivity index (χ4n) is 1.98. The van der Waals surface area contributed by atoms with Crippen molar-refractivity contribution in [3.05, 3.63) is 84.6 Å². The Bertz CT molecular complexity index is 788. The third kappa shape index (κ3) is 4.62. The third-order valence-electron chi connectivity index (χ3n) is 3.10. The summed E-state index contributed by atoms with van der Waals surface area (Å²) in [4.78, 5) is 4.13. The van der Waals surface area contributed by atoms with Gasteiger partial charge in [0.2, 0.25) is 5.88 Å². The summed E-state index contributed by atoms with van der Waals surface area (Å²) in [5.41, 5.74) is 2.02. The standard InChI is InChI=1S/C20H16N2O/c1-2-7-17(8-3-1)9-6-16-21-18-11-13-19(14-12-18)23-20-10-4-5-15-22-20/h1-5,7-8,10-15,21H,16H2. The van der Waals surface area contributed by atoms with Crippen molar-refractivity contribution in [2.45, 2.75) is 0 Å². The zero-order chi connectivity index (χ0) is 15.7. The molecule has 0 aliphatic heterocycles. The lowest BCUT2D eigenvalue weighted by molar-refractivity contribution is 0.463. The Labute approximate surface area is 136 Å². The molecule has 3 rings (SSSR count). The molecule has 0 atom stereocenters. The summed E-state index contributed by atoms with van der Waals surface area (Å²) in [6.45, 7) is 0.593. The Morgan fingerprint density at radius 1 is 0.870 bits per heavy atom. The van der Waals surface area contributed by atoms with E-state index in [0.29, 0.717) is 12.4 Å². The summed E-state index contributed by atoms with van der Waals surface area (Å²) in [5, 5.41) is 3.26. The first-order valence-corrected chi connectivity index (χ1v) is 7.37. The van der Waals surface area contributed by atoms with Crippen molar-refractivity contribution in [3.8, 4) is 23.5 Å². The van der Waals surface area contributed by atoms with E-state index >= 15 is 0 Å². The molecule has 0 saturated carbocycles. The Hall–Kier alpha value is -3.25. The second-order valence-corrected chi connectivity index (χ2v) is 4.82. The van der Waals surface area contributed by atoms with Gasteiger partial charge in [0, 0.05) is 23.5 Å². The van der Waals surface area contributed by atoms with E-state index in [9.17, 15) is 0 Å². The molecule has 0 aliphatic carbocycles. The van der Waals surface area contributed by atoms with Gasteiger partial charge in [0.25, 0.3) is 0 Å². The molecule has 0 bridgehead atoms. The van der Waals surface area contributed by atoms with Crippen LogP contribution < -0.4 is 10.1 Å². The van der Waals surface area contributed by atoms with E-state index in [-0.39, 0.29) is 0 Å². The van der Waals surface area contributed by atoms with Crippen LogP contribution in [-0.4, -0.2) is 11.5 Å². The minimum absolute atomic E-state index is 0.585. The van der Waals surface area contributed by atoms with Crippen LogP contribution in [0.15, 0.2) is 79.0 Å². The molecule has 3 heteroatoms. The van der Waals surface area contributed by atoms with E-state index in [1.54, 1.807) is 6.20 Å². The van der Waals surface area contributed by atoms with Gasteiger partial charge >= 0.3 is 0 Å². The monoisotopic (exact) mass is 300 g/mol. The predicted molar refractivity (Wildman–Crippen MR) is 92.6 cm³/mol. The lowest BCUT2D eigenvalue weighted by atomic mass is 10.2. The maximum atomic E-state index is 5.65. The molecule has 2 aromatic carbocycles. The van der Waals surface area contributed by atoms with Gasteiger partial charge in [0.1, 0.15) is 5.75 Å². The fraction of sp³-hybridized carbons (Fsp3) is 0.0500. The zero-order valence-corrected chi connectivity index (χ0v) is 12.6. The van der Waals surface area contributed by atoms with Crippen molar-refractivity contribution in [2.24, 2.45) is 0 Å². The lowest BCUT2D eigenvalue weighted by Crippen LogP contribution is -1.98. The number of aromatic nitrogens is 1. The number of nitrogens with zero attached hydrogens (tertiary/aromatic N) is 1. The Morgan fingerprint density at radius 2 is 1.65 bits per heavy atom. The fourth-order valence-corrected chi connectivity index (χ4v) is 1.98. The van der Waals surface area contributed by atoms with Crippen molar-refractivity contribution >= 4 is 5.69 Å². The topological polar surface area (TPSA) is 34.1 Å². The molecule has 1 aromatic heterocycles. The second kappa shape index (κ2) is 7.67. The molecule has 0 aliphatic rings. The minimum Gasteiger partial charge on any atom is -0.439 e. The normalized spacial score (nSPS) is 9.57. The van der Waals surface area contributed by atoms with Gasteiger partial charge in [0.15, 0.2) is 0 Å². The van der Waals surface area contributed by atoms with Crippen LogP contribution in [0.3, 0.4) is 0 Å². The van der Waals surface area contributed by atoms with E-state index in [4.69, 9.17) is 4.74 Å². The number of hydrogen-bond donors (Lipinski definition) is 1. The van der Waals surface area contributed by atoms with Crippen LogP contribution in [0.4, 0.5) is 5.69 Å². The SMILES string of the molecule is C(#Cc1ccccc1)CNc1ccc(Oc2ccccn2)cc1. The molecule has 3 nitrogen and oxygen atoms in total. The van der Waals surface area contributed by atoms with Crippen LogP contribution in [0.5, 0.6) is 11.6 Å². The van der Waals surface area contributed by atoms with Crippen molar-refractivity contribution < 1.29 is 4.74 Å². The van der Waals surface area contributed by atoms with Crippen LogP contribution in [-0.2, 0) is 0 Å². The first-order chi connectivity index (χ1) is 11.4. The van der Waals surface area contributed by atoms with E-state index in [1.807, 2.05) is 72.8 Å². The molecule has 1 heterocycles. The number of rotatable bonds is 4. The van der Waals surface area contributed by atoms with Crippen molar-refractivity contribution in [1.29, 1.82) is 0 Å². The first kappa shape index (κ1) is 14.7. The lowest BCUT2D eigenvalue weighted by Gasteiger charge is -2.06. The Kier molecular flexibility index (Phi) is 4.90. The average molecular weight is 300 g/mol. The maximum Gasteiger partial charge on any atom is 0.219 e. The number of ether oxygens (including phenoxy) is 1. The quantitative estimate of drug-likeness (QED) is 0.728. The summed E-state index contributed by atoms with van der Waals surface area (Å²) in [6.07, 6.45) is 1.71. The molecule has 0 saturated heterocycles. The van der Waals surface area contributed by atoms with Crippen LogP contribution in [0.25, 0.3) is 0 Å². The van der Waals surface area contributed by atoms with Gasteiger partial charge in [-0.1, -0.05) is 36.1 Å². The van der Waals surface area contributed by atoms with Crippen LogP contribution in [0.1, 0.15) is 5.56 Å². The molecule has 112 valence electrons. The molecule has 0 unspecified atom stereocenters. The highest BCUT2D eigenvalue weighted by Crippen LogP contribution is 2.20.